The predicted molar refractivity (Wildman–Crippen MR) is 125 cm³/mol. The molecule has 0 saturated heterocycles. The molecule has 2 heterocycles. The van der Waals surface area contributed by atoms with Gasteiger partial charge in [0.15, 0.2) is 5.13 Å². The Morgan fingerprint density at radius 2 is 1.66 bits per heavy atom. The molecule has 160 valence electrons. The van der Waals surface area contributed by atoms with Gasteiger partial charge in [0, 0.05) is 28.9 Å². The Kier molecular flexibility index (Phi) is 6.52. The second-order valence-electron chi connectivity index (χ2n) is 7.05. The summed E-state index contributed by atoms with van der Waals surface area (Å²) in [7, 11) is 0. The molecule has 0 aliphatic rings. The number of rotatable bonds is 7. The number of carbonyl (C=O) groups excluding carboxylic acids is 2. The van der Waals surface area contributed by atoms with Crippen LogP contribution in [-0.4, -0.2) is 21.4 Å². The van der Waals surface area contributed by atoms with Crippen molar-refractivity contribution in [2.45, 2.75) is 13.0 Å². The average Bonchev–Trinajstić information content (AvgIpc) is 3.23. The van der Waals surface area contributed by atoms with Gasteiger partial charge in [-0.3, -0.25) is 19.7 Å². The number of thiazole rings is 1. The second-order valence-corrected chi connectivity index (χ2v) is 7.91. The lowest BCUT2D eigenvalue weighted by Gasteiger charge is -2.08. The maximum Gasteiger partial charge on any atom is 0.257 e. The Morgan fingerprint density at radius 3 is 2.41 bits per heavy atom. The van der Waals surface area contributed by atoms with Gasteiger partial charge in [0.25, 0.3) is 11.5 Å². The van der Waals surface area contributed by atoms with Gasteiger partial charge < -0.3 is 9.88 Å². The number of benzene rings is 2. The van der Waals surface area contributed by atoms with Crippen LogP contribution >= 0.6 is 11.3 Å². The lowest BCUT2D eigenvalue weighted by Crippen LogP contribution is -2.18. The highest BCUT2D eigenvalue weighted by Gasteiger charge is 2.11. The molecular formula is C24H20N4O3S. The molecule has 32 heavy (non-hydrogen) atoms. The van der Waals surface area contributed by atoms with Gasteiger partial charge in [-0.25, -0.2) is 4.98 Å². The van der Waals surface area contributed by atoms with Crippen molar-refractivity contribution < 1.29 is 9.59 Å². The van der Waals surface area contributed by atoms with E-state index in [1.165, 1.54) is 17.4 Å². The summed E-state index contributed by atoms with van der Waals surface area (Å²) in [6.07, 6.45) is 1.83. The van der Waals surface area contributed by atoms with E-state index < -0.39 is 0 Å². The number of anilines is 2. The lowest BCUT2D eigenvalue weighted by molar-refractivity contribution is -0.115. The lowest BCUT2D eigenvalue weighted by atomic mass is 10.2. The molecular weight excluding hydrogens is 424 g/mol. The van der Waals surface area contributed by atoms with Crippen LogP contribution < -0.4 is 16.2 Å². The quantitative estimate of drug-likeness (QED) is 0.454. The van der Waals surface area contributed by atoms with Crippen LogP contribution in [-0.2, 0) is 17.8 Å². The monoisotopic (exact) mass is 444 g/mol. The zero-order valence-corrected chi connectivity index (χ0v) is 17.8. The molecule has 7 nitrogen and oxygen atoms in total. The Labute approximate surface area is 188 Å². The number of pyridine rings is 1. The zero-order valence-electron chi connectivity index (χ0n) is 17.0. The standard InChI is InChI=1S/C24H20N4O3S/c29-21(14-20-16-32-24(26-20)27-23(31)18-6-2-1-3-7-18)25-19-11-9-17(10-12-19)15-28-13-5-4-8-22(28)30/h1-13,16H,14-15H2,(H,25,29)(H,26,27,31). The molecule has 0 bridgehead atoms. The Balaban J connectivity index is 1.31. The normalized spacial score (nSPS) is 10.5. The summed E-state index contributed by atoms with van der Waals surface area (Å²) in [5, 5.41) is 7.78. The molecule has 0 aliphatic carbocycles. The van der Waals surface area contributed by atoms with E-state index in [-0.39, 0.29) is 23.8 Å². The molecule has 4 aromatic rings. The van der Waals surface area contributed by atoms with E-state index in [0.29, 0.717) is 28.6 Å². The van der Waals surface area contributed by atoms with Crippen LogP contribution in [0, 0.1) is 0 Å². The summed E-state index contributed by atoms with van der Waals surface area (Å²) in [4.78, 5) is 40.7. The minimum absolute atomic E-state index is 0.0625. The molecule has 2 aromatic carbocycles. The molecule has 4 rings (SSSR count). The largest absolute Gasteiger partial charge is 0.326 e. The van der Waals surface area contributed by atoms with Crippen molar-refractivity contribution >= 4 is 34.0 Å². The molecule has 0 unspecified atom stereocenters. The number of hydrogen-bond donors (Lipinski definition) is 2. The summed E-state index contributed by atoms with van der Waals surface area (Å²) in [6, 6.07) is 21.3. The van der Waals surface area contributed by atoms with Gasteiger partial charge in [0.05, 0.1) is 18.7 Å². The predicted octanol–water partition coefficient (Wildman–Crippen LogP) is 3.79. The summed E-state index contributed by atoms with van der Waals surface area (Å²) in [6.45, 7) is 0.463. The minimum atomic E-state index is -0.242. The van der Waals surface area contributed by atoms with Crippen LogP contribution in [0.5, 0.6) is 0 Å². The maximum atomic E-state index is 12.4. The van der Waals surface area contributed by atoms with E-state index in [1.807, 2.05) is 24.3 Å². The Hall–Kier alpha value is -4.04. The van der Waals surface area contributed by atoms with Crippen LogP contribution in [0.3, 0.4) is 0 Å². The van der Waals surface area contributed by atoms with Gasteiger partial charge in [-0.2, -0.15) is 0 Å². The van der Waals surface area contributed by atoms with Crippen LogP contribution in [0.15, 0.2) is 89.2 Å². The van der Waals surface area contributed by atoms with Crippen molar-refractivity contribution in [2.75, 3.05) is 10.6 Å². The fourth-order valence-corrected chi connectivity index (χ4v) is 3.76. The van der Waals surface area contributed by atoms with Crippen molar-refractivity contribution in [2.24, 2.45) is 0 Å². The van der Waals surface area contributed by atoms with Gasteiger partial charge in [-0.1, -0.05) is 36.4 Å². The maximum absolute atomic E-state index is 12.4. The highest BCUT2D eigenvalue weighted by molar-refractivity contribution is 7.14. The fourth-order valence-electron chi connectivity index (χ4n) is 3.06. The molecule has 0 aliphatic heterocycles. The fraction of sp³-hybridized carbons (Fsp3) is 0.0833. The molecule has 8 heteroatoms. The molecule has 2 N–H and O–H groups in total. The van der Waals surface area contributed by atoms with E-state index in [0.717, 1.165) is 5.56 Å². The van der Waals surface area contributed by atoms with Gasteiger partial charge in [-0.15, -0.1) is 11.3 Å². The highest BCUT2D eigenvalue weighted by atomic mass is 32.1. The van der Waals surface area contributed by atoms with Crippen LogP contribution in [0.25, 0.3) is 0 Å². The summed E-state index contributed by atoms with van der Waals surface area (Å²) >= 11 is 1.27. The highest BCUT2D eigenvalue weighted by Crippen LogP contribution is 2.18. The SMILES string of the molecule is O=C(Cc1csc(NC(=O)c2ccccc2)n1)Nc1ccc(Cn2ccccc2=O)cc1. The zero-order chi connectivity index (χ0) is 22.3. The van der Waals surface area contributed by atoms with Gasteiger partial charge >= 0.3 is 0 Å². The number of nitrogens with zero attached hydrogens (tertiary/aromatic N) is 2. The number of carbonyl (C=O) groups is 2. The van der Waals surface area contributed by atoms with E-state index in [2.05, 4.69) is 15.6 Å². The Morgan fingerprint density at radius 1 is 0.906 bits per heavy atom. The topological polar surface area (TPSA) is 93.1 Å². The molecule has 2 amide bonds. The van der Waals surface area contributed by atoms with Crippen molar-refractivity contribution in [3.05, 3.63) is 112 Å². The van der Waals surface area contributed by atoms with E-state index in [4.69, 9.17) is 0 Å². The number of nitrogens with one attached hydrogen (secondary N) is 2. The Bertz CT molecular complexity index is 1280. The van der Waals surface area contributed by atoms with Crippen molar-refractivity contribution in [1.82, 2.24) is 9.55 Å². The van der Waals surface area contributed by atoms with Gasteiger partial charge in [0.1, 0.15) is 0 Å². The van der Waals surface area contributed by atoms with Gasteiger partial charge in [0.2, 0.25) is 5.91 Å². The molecule has 0 saturated carbocycles. The number of amides is 2. The van der Waals surface area contributed by atoms with E-state index in [9.17, 15) is 14.4 Å². The second kappa shape index (κ2) is 9.84. The molecule has 0 atom stereocenters. The molecule has 2 aromatic heterocycles. The molecule has 0 spiro atoms. The van der Waals surface area contributed by atoms with E-state index in [1.54, 1.807) is 58.6 Å². The van der Waals surface area contributed by atoms with E-state index >= 15 is 0 Å². The summed E-state index contributed by atoms with van der Waals surface area (Å²) in [5.41, 5.74) is 2.67. The first kappa shape index (κ1) is 21.2. The third kappa shape index (κ3) is 5.55. The van der Waals surface area contributed by atoms with Crippen molar-refractivity contribution in [3.8, 4) is 0 Å². The summed E-state index contributed by atoms with van der Waals surface area (Å²) < 4.78 is 1.62. The van der Waals surface area contributed by atoms with Crippen LogP contribution in [0.1, 0.15) is 21.6 Å². The smallest absolute Gasteiger partial charge is 0.257 e. The van der Waals surface area contributed by atoms with Crippen LogP contribution in [0.2, 0.25) is 0 Å². The third-order valence-corrected chi connectivity index (χ3v) is 5.45. The number of hydrogen-bond acceptors (Lipinski definition) is 5. The van der Waals surface area contributed by atoms with Crippen molar-refractivity contribution in [1.29, 1.82) is 0 Å². The summed E-state index contributed by atoms with van der Waals surface area (Å²) in [5.74, 6) is -0.447. The van der Waals surface area contributed by atoms with Crippen molar-refractivity contribution in [3.63, 3.8) is 0 Å². The first-order chi connectivity index (χ1) is 15.6. The third-order valence-electron chi connectivity index (χ3n) is 4.64. The molecule has 0 fully saturated rings. The minimum Gasteiger partial charge on any atom is -0.326 e. The molecule has 0 radical (unpaired) electrons. The number of aromatic nitrogens is 2. The first-order valence-corrected chi connectivity index (χ1v) is 10.8. The van der Waals surface area contributed by atoms with Gasteiger partial charge in [-0.05, 0) is 35.9 Å². The average molecular weight is 445 g/mol. The first-order valence-electron chi connectivity index (χ1n) is 9.92. The van der Waals surface area contributed by atoms with Crippen LogP contribution in [0.4, 0.5) is 10.8 Å².